The molecule has 0 spiro atoms. The molecule has 2 aliphatic heterocycles. The highest BCUT2D eigenvalue weighted by atomic mass is 16.3. The van der Waals surface area contributed by atoms with Crippen LogP contribution in [-0.2, 0) is 11.3 Å². The molecule has 4 heteroatoms. The van der Waals surface area contributed by atoms with Gasteiger partial charge in [0.15, 0.2) is 0 Å². The predicted octanol–water partition coefficient (Wildman–Crippen LogP) is 6.10. The van der Waals surface area contributed by atoms with E-state index in [4.69, 9.17) is 0 Å². The van der Waals surface area contributed by atoms with Gasteiger partial charge in [-0.2, -0.15) is 0 Å². The molecule has 3 aliphatic rings. The van der Waals surface area contributed by atoms with E-state index in [2.05, 4.69) is 47.1 Å². The summed E-state index contributed by atoms with van der Waals surface area (Å²) < 4.78 is 0. The van der Waals surface area contributed by atoms with Crippen molar-refractivity contribution in [2.24, 2.45) is 5.92 Å². The van der Waals surface area contributed by atoms with Crippen molar-refractivity contribution in [2.45, 2.75) is 95.3 Å². The first-order valence-corrected chi connectivity index (χ1v) is 13.4. The van der Waals surface area contributed by atoms with Crippen molar-refractivity contribution >= 4 is 5.91 Å². The van der Waals surface area contributed by atoms with E-state index in [0.717, 1.165) is 19.4 Å². The van der Waals surface area contributed by atoms with E-state index in [9.17, 15) is 9.90 Å². The van der Waals surface area contributed by atoms with Crippen LogP contribution in [0.5, 0.6) is 5.75 Å². The number of benzene rings is 2. The van der Waals surface area contributed by atoms with E-state index >= 15 is 0 Å². The predicted molar refractivity (Wildman–Crippen MR) is 137 cm³/mol. The van der Waals surface area contributed by atoms with E-state index in [1.807, 2.05) is 18.2 Å². The monoisotopic (exact) mass is 460 g/mol. The first-order chi connectivity index (χ1) is 16.6. The van der Waals surface area contributed by atoms with Gasteiger partial charge in [0.2, 0.25) is 5.91 Å². The van der Waals surface area contributed by atoms with E-state index in [1.165, 1.54) is 49.7 Å². The molecule has 1 N–H and O–H groups in total. The highest BCUT2D eigenvalue weighted by Crippen LogP contribution is 2.43. The molecular formula is C30H40N2O2. The van der Waals surface area contributed by atoms with Gasteiger partial charge in [0, 0.05) is 37.6 Å². The molecule has 4 nitrogen and oxygen atoms in total. The molecule has 1 saturated carbocycles. The second-order valence-electron chi connectivity index (χ2n) is 11.1. The van der Waals surface area contributed by atoms with Crippen LogP contribution in [0, 0.1) is 5.92 Å². The molecule has 3 fully saturated rings. The van der Waals surface area contributed by atoms with Gasteiger partial charge in [-0.05, 0) is 80.5 Å². The maximum Gasteiger partial charge on any atom is 0.223 e. The van der Waals surface area contributed by atoms with Crippen LogP contribution in [0.3, 0.4) is 0 Å². The number of hydrogen-bond donors (Lipinski definition) is 1. The summed E-state index contributed by atoms with van der Waals surface area (Å²) in [4.78, 5) is 18.4. The van der Waals surface area contributed by atoms with Crippen molar-refractivity contribution in [3.8, 4) is 5.75 Å². The molecule has 0 aromatic heterocycles. The van der Waals surface area contributed by atoms with E-state index in [-0.39, 0.29) is 6.04 Å². The van der Waals surface area contributed by atoms with Crippen LogP contribution in [0.25, 0.3) is 0 Å². The lowest BCUT2D eigenvalue weighted by molar-refractivity contribution is -0.135. The smallest absolute Gasteiger partial charge is 0.223 e. The van der Waals surface area contributed by atoms with Crippen LogP contribution >= 0.6 is 0 Å². The van der Waals surface area contributed by atoms with E-state index in [1.54, 1.807) is 6.07 Å². The summed E-state index contributed by atoms with van der Waals surface area (Å²) >= 11 is 0. The SMILES string of the molecule is C[C@H](CN1[C@@H]2CC[C@H]1CC(c1cccc(O)c1)C2)N(Cc1ccccc1)C(=O)CC1CCCC1. The summed E-state index contributed by atoms with van der Waals surface area (Å²) in [7, 11) is 0. The van der Waals surface area contributed by atoms with Gasteiger partial charge in [0.25, 0.3) is 0 Å². The molecule has 1 aliphatic carbocycles. The maximum atomic E-state index is 13.5. The minimum absolute atomic E-state index is 0.203. The van der Waals surface area contributed by atoms with Gasteiger partial charge in [-0.25, -0.2) is 0 Å². The Balaban J connectivity index is 1.27. The highest BCUT2D eigenvalue weighted by Gasteiger charge is 2.42. The van der Waals surface area contributed by atoms with E-state index in [0.29, 0.717) is 48.5 Å². The van der Waals surface area contributed by atoms with Crippen LogP contribution in [0.4, 0.5) is 0 Å². The Kier molecular flexibility index (Phi) is 7.24. The third-order valence-electron chi connectivity index (χ3n) is 8.69. The summed E-state index contributed by atoms with van der Waals surface area (Å²) in [5, 5.41) is 9.95. The quantitative estimate of drug-likeness (QED) is 0.518. The maximum absolute atomic E-state index is 13.5. The molecule has 182 valence electrons. The van der Waals surface area contributed by atoms with Gasteiger partial charge >= 0.3 is 0 Å². The fourth-order valence-electron chi connectivity index (χ4n) is 6.88. The summed E-state index contributed by atoms with van der Waals surface area (Å²) in [6, 6.07) is 19.7. The fourth-order valence-corrected chi connectivity index (χ4v) is 6.88. The lowest BCUT2D eigenvalue weighted by Gasteiger charge is -2.42. The number of rotatable bonds is 8. The zero-order valence-electron chi connectivity index (χ0n) is 20.6. The molecule has 4 atom stereocenters. The van der Waals surface area contributed by atoms with Crippen molar-refractivity contribution in [1.29, 1.82) is 0 Å². The highest BCUT2D eigenvalue weighted by molar-refractivity contribution is 5.76. The average Bonchev–Trinajstić information content (AvgIpc) is 3.42. The molecule has 2 bridgehead atoms. The minimum Gasteiger partial charge on any atom is -0.508 e. The molecule has 2 heterocycles. The molecule has 34 heavy (non-hydrogen) atoms. The van der Waals surface area contributed by atoms with Crippen LogP contribution < -0.4 is 0 Å². The number of fused-ring (bicyclic) bond motifs is 2. The topological polar surface area (TPSA) is 43.8 Å². The minimum atomic E-state index is 0.203. The second-order valence-corrected chi connectivity index (χ2v) is 11.1. The third kappa shape index (κ3) is 5.33. The standard InChI is InChI=1S/C30H40N2O2/c1-22(31(21-24-10-3-2-4-11-24)30(34)16-23-8-5-6-9-23)20-32-27-14-15-28(32)18-26(17-27)25-12-7-13-29(33)19-25/h2-4,7,10-13,19,22-23,26-28,33H,5-6,8-9,14-18,20-21H2,1H3/t22-,26?,27-,28+/m1/s1. The number of carbonyl (C=O) groups excluding carboxylic acids is 1. The number of aromatic hydroxyl groups is 1. The number of carbonyl (C=O) groups is 1. The largest absolute Gasteiger partial charge is 0.508 e. The third-order valence-corrected chi connectivity index (χ3v) is 8.69. The normalized spacial score (nSPS) is 26.0. The van der Waals surface area contributed by atoms with Gasteiger partial charge < -0.3 is 10.0 Å². The van der Waals surface area contributed by atoms with Gasteiger partial charge in [-0.15, -0.1) is 0 Å². The Bertz CT molecular complexity index is 941. The van der Waals surface area contributed by atoms with Crippen LogP contribution in [0.15, 0.2) is 54.6 Å². The van der Waals surface area contributed by atoms with Crippen molar-refractivity contribution in [3.05, 3.63) is 65.7 Å². The molecule has 2 aromatic carbocycles. The number of phenols is 1. The summed E-state index contributed by atoms with van der Waals surface area (Å²) in [6.07, 6.45) is 10.5. The molecule has 5 rings (SSSR count). The molecule has 0 radical (unpaired) electrons. The lowest BCUT2D eigenvalue weighted by atomic mass is 9.85. The zero-order valence-corrected chi connectivity index (χ0v) is 20.6. The molecule has 1 amide bonds. The van der Waals surface area contributed by atoms with Crippen LogP contribution in [0.2, 0.25) is 0 Å². The Morgan fingerprint density at radius 3 is 2.38 bits per heavy atom. The number of phenolic OH excluding ortho intramolecular Hbond substituents is 1. The van der Waals surface area contributed by atoms with Crippen molar-refractivity contribution in [1.82, 2.24) is 9.80 Å². The van der Waals surface area contributed by atoms with Crippen molar-refractivity contribution < 1.29 is 9.90 Å². The first kappa shape index (κ1) is 23.4. The number of amides is 1. The first-order valence-electron chi connectivity index (χ1n) is 13.4. The molecule has 2 aromatic rings. The summed E-state index contributed by atoms with van der Waals surface area (Å²) in [5.74, 6) is 1.82. The van der Waals surface area contributed by atoms with Gasteiger partial charge in [-0.3, -0.25) is 9.69 Å². The number of piperidine rings is 1. The number of nitrogens with zero attached hydrogens (tertiary/aromatic N) is 2. The van der Waals surface area contributed by atoms with Gasteiger partial charge in [0.1, 0.15) is 5.75 Å². The van der Waals surface area contributed by atoms with Crippen molar-refractivity contribution in [3.63, 3.8) is 0 Å². The van der Waals surface area contributed by atoms with Gasteiger partial charge in [0.05, 0.1) is 0 Å². The Morgan fingerprint density at radius 2 is 1.71 bits per heavy atom. The average molecular weight is 461 g/mol. The zero-order chi connectivity index (χ0) is 23.5. The molecule has 1 unspecified atom stereocenters. The van der Waals surface area contributed by atoms with Crippen molar-refractivity contribution in [2.75, 3.05) is 6.54 Å². The fraction of sp³-hybridized carbons (Fsp3) is 0.567. The summed E-state index contributed by atoms with van der Waals surface area (Å²) in [5.41, 5.74) is 2.50. The Hall–Kier alpha value is -2.33. The van der Waals surface area contributed by atoms with E-state index < -0.39 is 0 Å². The summed E-state index contributed by atoms with van der Waals surface area (Å²) in [6.45, 7) is 3.93. The molecule has 2 saturated heterocycles. The number of hydrogen-bond acceptors (Lipinski definition) is 3. The molecular weight excluding hydrogens is 420 g/mol. The van der Waals surface area contributed by atoms with Gasteiger partial charge in [-0.1, -0.05) is 55.3 Å². The Labute approximate surface area is 205 Å². The van der Waals surface area contributed by atoms with Crippen LogP contribution in [-0.4, -0.2) is 45.5 Å². The lowest BCUT2D eigenvalue weighted by Crippen LogP contribution is -2.50. The van der Waals surface area contributed by atoms with Crippen LogP contribution in [0.1, 0.15) is 81.8 Å². The Morgan fingerprint density at radius 1 is 1.00 bits per heavy atom. The second kappa shape index (κ2) is 10.5.